The maximum atomic E-state index is 11.1. The molecule has 0 aliphatic heterocycles. The van der Waals surface area contributed by atoms with Crippen molar-refractivity contribution in [1.82, 2.24) is 4.57 Å². The zero-order valence-corrected chi connectivity index (χ0v) is 7.74. The predicted octanol–water partition coefficient (Wildman–Crippen LogP) is 2.38. The number of ketones is 1. The Morgan fingerprint density at radius 2 is 2.08 bits per heavy atom. The minimum atomic E-state index is 0.116. The third kappa shape index (κ3) is 1.24. The number of rotatable bonds is 1. The first-order chi connectivity index (χ1) is 6.18. The highest BCUT2D eigenvalue weighted by atomic mass is 16.1. The first-order valence-corrected chi connectivity index (χ1v) is 4.24. The highest BCUT2D eigenvalue weighted by molar-refractivity contribution is 5.98. The Morgan fingerprint density at radius 1 is 1.31 bits per heavy atom. The molecule has 0 atom stereocenters. The summed E-state index contributed by atoms with van der Waals surface area (Å²) in [5.41, 5.74) is 1.93. The number of fused-ring (bicyclic) bond motifs is 1. The number of Topliss-reactive ketones (excluding diaryl/α,β-unsaturated/α-hetero) is 1. The van der Waals surface area contributed by atoms with E-state index in [0.29, 0.717) is 0 Å². The lowest BCUT2D eigenvalue weighted by Crippen LogP contribution is -1.91. The fourth-order valence-corrected chi connectivity index (χ4v) is 1.50. The summed E-state index contributed by atoms with van der Waals surface area (Å²) in [6, 6.07) is 7.79. The van der Waals surface area contributed by atoms with Gasteiger partial charge in [-0.05, 0) is 31.2 Å². The number of carbonyl (C=O) groups excluding carboxylic acids is 1. The summed E-state index contributed by atoms with van der Waals surface area (Å²) in [5.74, 6) is 0.116. The van der Waals surface area contributed by atoms with E-state index in [1.54, 1.807) is 6.92 Å². The van der Waals surface area contributed by atoms with Gasteiger partial charge < -0.3 is 4.57 Å². The molecule has 13 heavy (non-hydrogen) atoms. The molecule has 0 radical (unpaired) electrons. The van der Waals surface area contributed by atoms with Crippen molar-refractivity contribution in [2.75, 3.05) is 0 Å². The van der Waals surface area contributed by atoms with Crippen LogP contribution in [0.15, 0.2) is 30.5 Å². The molecule has 1 aromatic heterocycles. The Kier molecular flexibility index (Phi) is 1.69. The van der Waals surface area contributed by atoms with E-state index >= 15 is 0 Å². The second-order valence-corrected chi connectivity index (χ2v) is 3.26. The van der Waals surface area contributed by atoms with Crippen LogP contribution in [0.5, 0.6) is 0 Å². The van der Waals surface area contributed by atoms with Crippen LogP contribution in [0.4, 0.5) is 0 Å². The Balaban J connectivity index is 2.70. The molecule has 1 aromatic carbocycles. The van der Waals surface area contributed by atoms with E-state index in [2.05, 4.69) is 0 Å². The number of benzene rings is 1. The average Bonchev–Trinajstić information content (AvgIpc) is 2.47. The summed E-state index contributed by atoms with van der Waals surface area (Å²) < 4.78 is 2.04. The number of aromatic nitrogens is 1. The molecule has 2 aromatic rings. The standard InChI is InChI=1S/C11H11NO/c1-8(13)9-3-4-11-10(7-9)5-6-12(11)2/h3-7H,1-2H3. The lowest BCUT2D eigenvalue weighted by atomic mass is 10.1. The minimum absolute atomic E-state index is 0.116. The normalized spacial score (nSPS) is 10.6. The third-order valence-electron chi connectivity index (χ3n) is 2.29. The van der Waals surface area contributed by atoms with E-state index in [9.17, 15) is 4.79 Å². The Morgan fingerprint density at radius 3 is 2.77 bits per heavy atom. The Labute approximate surface area is 76.8 Å². The molecule has 0 fully saturated rings. The van der Waals surface area contributed by atoms with E-state index in [0.717, 1.165) is 16.5 Å². The second kappa shape index (κ2) is 2.73. The quantitative estimate of drug-likeness (QED) is 0.607. The van der Waals surface area contributed by atoms with Gasteiger partial charge in [0.1, 0.15) is 0 Å². The highest BCUT2D eigenvalue weighted by Gasteiger charge is 2.02. The first-order valence-electron chi connectivity index (χ1n) is 4.24. The zero-order chi connectivity index (χ0) is 9.42. The summed E-state index contributed by atoms with van der Waals surface area (Å²) >= 11 is 0. The van der Waals surface area contributed by atoms with Gasteiger partial charge in [-0.2, -0.15) is 0 Å². The molecule has 0 aliphatic rings. The van der Waals surface area contributed by atoms with Crippen molar-refractivity contribution >= 4 is 16.7 Å². The fraction of sp³-hybridized carbons (Fsp3) is 0.182. The number of carbonyl (C=O) groups is 1. The summed E-state index contributed by atoms with van der Waals surface area (Å²) in [6.07, 6.45) is 1.99. The van der Waals surface area contributed by atoms with Gasteiger partial charge in [0.05, 0.1) is 0 Å². The van der Waals surface area contributed by atoms with E-state index in [-0.39, 0.29) is 5.78 Å². The number of aryl methyl sites for hydroxylation is 1. The first kappa shape index (κ1) is 8.05. The van der Waals surface area contributed by atoms with Crippen LogP contribution in [0.2, 0.25) is 0 Å². The van der Waals surface area contributed by atoms with E-state index in [1.165, 1.54) is 0 Å². The van der Waals surface area contributed by atoms with E-state index < -0.39 is 0 Å². The van der Waals surface area contributed by atoms with Gasteiger partial charge in [-0.1, -0.05) is 0 Å². The van der Waals surface area contributed by atoms with Gasteiger partial charge in [0.15, 0.2) is 5.78 Å². The fourth-order valence-electron chi connectivity index (χ4n) is 1.50. The number of nitrogens with zero attached hydrogens (tertiary/aromatic N) is 1. The Bertz CT molecular complexity index is 468. The molecule has 0 saturated carbocycles. The lowest BCUT2D eigenvalue weighted by Gasteiger charge is -1.97. The highest BCUT2D eigenvalue weighted by Crippen LogP contribution is 2.16. The minimum Gasteiger partial charge on any atom is -0.351 e. The molecule has 0 bridgehead atoms. The Hall–Kier alpha value is -1.57. The average molecular weight is 173 g/mol. The van der Waals surface area contributed by atoms with E-state index in [4.69, 9.17) is 0 Å². The van der Waals surface area contributed by atoms with Crippen LogP contribution >= 0.6 is 0 Å². The third-order valence-corrected chi connectivity index (χ3v) is 2.29. The number of hydrogen-bond acceptors (Lipinski definition) is 1. The maximum absolute atomic E-state index is 11.1. The van der Waals surface area contributed by atoms with Crippen LogP contribution in [0, 0.1) is 0 Å². The van der Waals surface area contributed by atoms with Gasteiger partial charge in [0, 0.05) is 29.7 Å². The number of hydrogen-bond donors (Lipinski definition) is 0. The molecule has 2 nitrogen and oxygen atoms in total. The summed E-state index contributed by atoms with van der Waals surface area (Å²) in [6.45, 7) is 1.59. The van der Waals surface area contributed by atoms with Crippen LogP contribution in [0.25, 0.3) is 10.9 Å². The monoisotopic (exact) mass is 173 g/mol. The molecule has 0 N–H and O–H groups in total. The van der Waals surface area contributed by atoms with E-state index in [1.807, 2.05) is 42.1 Å². The van der Waals surface area contributed by atoms with Gasteiger partial charge in [0.25, 0.3) is 0 Å². The molecule has 0 amide bonds. The molecule has 2 heteroatoms. The topological polar surface area (TPSA) is 22.0 Å². The van der Waals surface area contributed by atoms with Crippen molar-refractivity contribution in [3.8, 4) is 0 Å². The van der Waals surface area contributed by atoms with Gasteiger partial charge in [-0.15, -0.1) is 0 Å². The molecule has 1 heterocycles. The maximum Gasteiger partial charge on any atom is 0.159 e. The molecule has 2 rings (SSSR count). The summed E-state index contributed by atoms with van der Waals surface area (Å²) in [7, 11) is 2.00. The largest absolute Gasteiger partial charge is 0.351 e. The molecule has 0 aliphatic carbocycles. The van der Waals surface area contributed by atoms with Crippen molar-refractivity contribution in [2.45, 2.75) is 6.92 Å². The second-order valence-electron chi connectivity index (χ2n) is 3.26. The molecular weight excluding hydrogens is 162 g/mol. The smallest absolute Gasteiger partial charge is 0.159 e. The van der Waals surface area contributed by atoms with Gasteiger partial charge in [-0.3, -0.25) is 4.79 Å². The molecule has 0 unspecified atom stereocenters. The van der Waals surface area contributed by atoms with Gasteiger partial charge in [-0.25, -0.2) is 0 Å². The van der Waals surface area contributed by atoms with Crippen LogP contribution < -0.4 is 0 Å². The van der Waals surface area contributed by atoms with Crippen molar-refractivity contribution in [2.24, 2.45) is 7.05 Å². The predicted molar refractivity (Wildman–Crippen MR) is 52.9 cm³/mol. The summed E-state index contributed by atoms with van der Waals surface area (Å²) in [5, 5.41) is 1.12. The van der Waals surface area contributed by atoms with Crippen LogP contribution in [-0.2, 0) is 7.05 Å². The molecular formula is C11H11NO. The van der Waals surface area contributed by atoms with Gasteiger partial charge in [0.2, 0.25) is 0 Å². The van der Waals surface area contributed by atoms with Crippen LogP contribution in [0.3, 0.4) is 0 Å². The molecule has 0 spiro atoms. The van der Waals surface area contributed by atoms with Crippen LogP contribution in [-0.4, -0.2) is 10.4 Å². The van der Waals surface area contributed by atoms with Gasteiger partial charge >= 0.3 is 0 Å². The molecule has 66 valence electrons. The SMILES string of the molecule is CC(=O)c1ccc2c(ccn2C)c1. The zero-order valence-electron chi connectivity index (χ0n) is 7.74. The van der Waals surface area contributed by atoms with Crippen molar-refractivity contribution < 1.29 is 4.79 Å². The summed E-state index contributed by atoms with van der Waals surface area (Å²) in [4.78, 5) is 11.1. The van der Waals surface area contributed by atoms with Crippen molar-refractivity contribution in [3.05, 3.63) is 36.0 Å². The lowest BCUT2D eigenvalue weighted by molar-refractivity contribution is 0.101. The van der Waals surface area contributed by atoms with Crippen molar-refractivity contribution in [3.63, 3.8) is 0 Å². The van der Waals surface area contributed by atoms with Crippen LogP contribution in [0.1, 0.15) is 17.3 Å². The van der Waals surface area contributed by atoms with Crippen molar-refractivity contribution in [1.29, 1.82) is 0 Å². The molecule has 0 saturated heterocycles.